The summed E-state index contributed by atoms with van der Waals surface area (Å²) >= 11 is 5.52. The molecule has 1 aliphatic rings. The molecular weight excluding hydrogens is 239 g/mol. The molecule has 1 aliphatic heterocycles. The van der Waals surface area contributed by atoms with Crippen molar-refractivity contribution in [2.24, 2.45) is 0 Å². The van der Waals surface area contributed by atoms with Gasteiger partial charge in [-0.05, 0) is 6.07 Å². The van der Waals surface area contributed by atoms with Crippen LogP contribution in [0.5, 0.6) is 0 Å². The lowest BCUT2D eigenvalue weighted by molar-refractivity contribution is -0.0393. The summed E-state index contributed by atoms with van der Waals surface area (Å²) in [5, 5.41) is 8.90. The molecule has 0 aliphatic carbocycles. The molecule has 0 unspecified atom stereocenters. The Hall–Kier alpha value is -0.980. The molecule has 2 rings (SSSR count). The molecule has 0 radical (unpaired) electrons. The molecule has 1 aromatic heterocycles. The lowest BCUT2D eigenvalue weighted by atomic mass is 10.2. The largest absolute Gasteiger partial charge is 0.394 e. The van der Waals surface area contributed by atoms with Crippen LogP contribution >= 0.6 is 11.6 Å². The van der Waals surface area contributed by atoms with E-state index in [1.54, 1.807) is 0 Å². The van der Waals surface area contributed by atoms with Crippen LogP contribution in [0.2, 0.25) is 5.15 Å². The van der Waals surface area contributed by atoms with E-state index in [9.17, 15) is 9.18 Å². The van der Waals surface area contributed by atoms with Gasteiger partial charge >= 0.3 is 5.69 Å². The molecule has 1 aromatic rings. The number of ether oxygens (including phenoxy) is 1. The summed E-state index contributed by atoms with van der Waals surface area (Å²) in [6, 6.07) is 1.38. The molecule has 5 nitrogen and oxygen atoms in total. The van der Waals surface area contributed by atoms with Gasteiger partial charge in [-0.2, -0.15) is 4.98 Å². The maximum atomic E-state index is 13.5. The van der Waals surface area contributed by atoms with Crippen molar-refractivity contribution in [3.8, 4) is 0 Å². The van der Waals surface area contributed by atoms with Crippen molar-refractivity contribution >= 4 is 11.6 Å². The molecule has 16 heavy (non-hydrogen) atoms. The minimum atomic E-state index is -1.34. The van der Waals surface area contributed by atoms with Gasteiger partial charge in [-0.3, -0.25) is 4.57 Å². The standard InChI is InChI=1S/C9H10ClFN2O3/c10-7-1-2-13(9(15)12-7)8-6(11)3-5(4-14)16-8/h1-2,5-6,8,14H,3-4H2/t5-,6-,8+/m0/s1. The Morgan fingerprint density at radius 2 is 2.50 bits per heavy atom. The first-order chi connectivity index (χ1) is 7.61. The summed E-state index contributed by atoms with van der Waals surface area (Å²) in [6.07, 6.45) is -1.56. The molecule has 2 heterocycles. The molecule has 1 N–H and O–H groups in total. The van der Waals surface area contributed by atoms with Crippen LogP contribution in [0.25, 0.3) is 0 Å². The van der Waals surface area contributed by atoms with Crippen LogP contribution in [0.3, 0.4) is 0 Å². The van der Waals surface area contributed by atoms with E-state index in [0.29, 0.717) is 0 Å². The van der Waals surface area contributed by atoms with Gasteiger partial charge in [0.1, 0.15) is 11.3 Å². The molecule has 7 heteroatoms. The van der Waals surface area contributed by atoms with E-state index in [1.807, 2.05) is 0 Å². The zero-order valence-electron chi connectivity index (χ0n) is 8.22. The van der Waals surface area contributed by atoms with Crippen LogP contribution in [0.15, 0.2) is 17.1 Å². The zero-order chi connectivity index (χ0) is 11.7. The van der Waals surface area contributed by atoms with E-state index in [4.69, 9.17) is 21.4 Å². The third kappa shape index (κ3) is 2.09. The van der Waals surface area contributed by atoms with Gasteiger partial charge in [-0.25, -0.2) is 9.18 Å². The molecule has 1 fully saturated rings. The SMILES string of the molecule is O=c1nc(Cl)ccn1[C@@H]1O[C@H](CO)C[C@@H]1F. The number of hydrogen-bond donors (Lipinski definition) is 1. The predicted molar refractivity (Wildman–Crippen MR) is 54.0 cm³/mol. The molecule has 0 aromatic carbocycles. The summed E-state index contributed by atoms with van der Waals surface area (Å²) in [7, 11) is 0. The maximum Gasteiger partial charge on any atom is 0.351 e. The Bertz CT molecular complexity index is 439. The first-order valence-corrected chi connectivity index (χ1v) is 5.14. The Morgan fingerprint density at radius 3 is 3.06 bits per heavy atom. The molecule has 0 amide bonds. The third-order valence-electron chi connectivity index (χ3n) is 2.40. The van der Waals surface area contributed by atoms with E-state index in [2.05, 4.69) is 4.98 Å². The van der Waals surface area contributed by atoms with Crippen LogP contribution < -0.4 is 5.69 Å². The molecule has 3 atom stereocenters. The molecule has 0 spiro atoms. The van der Waals surface area contributed by atoms with Crippen LogP contribution in [-0.4, -0.2) is 33.5 Å². The highest BCUT2D eigenvalue weighted by Gasteiger charge is 2.36. The second-order valence-corrected chi connectivity index (χ2v) is 3.91. The van der Waals surface area contributed by atoms with Gasteiger partial charge in [0.2, 0.25) is 0 Å². The first kappa shape index (κ1) is 11.5. The molecule has 88 valence electrons. The molecule has 1 saturated heterocycles. The minimum absolute atomic E-state index is 0.0494. The van der Waals surface area contributed by atoms with E-state index >= 15 is 0 Å². The third-order valence-corrected chi connectivity index (χ3v) is 2.61. The van der Waals surface area contributed by atoms with E-state index in [0.717, 1.165) is 4.57 Å². The number of aliphatic hydroxyl groups is 1. The summed E-state index contributed by atoms with van der Waals surface area (Å²) in [5.74, 6) is 0. The Kier molecular flexibility index (Phi) is 3.22. The van der Waals surface area contributed by atoms with Gasteiger partial charge in [0, 0.05) is 12.6 Å². The van der Waals surface area contributed by atoms with Crippen LogP contribution in [0.1, 0.15) is 12.6 Å². The average molecular weight is 249 g/mol. The number of hydrogen-bond acceptors (Lipinski definition) is 4. The zero-order valence-corrected chi connectivity index (χ0v) is 8.97. The second kappa shape index (κ2) is 4.48. The number of aliphatic hydroxyl groups excluding tert-OH is 1. The highest BCUT2D eigenvalue weighted by atomic mass is 35.5. The van der Waals surface area contributed by atoms with Crippen molar-refractivity contribution in [1.82, 2.24) is 9.55 Å². The summed E-state index contributed by atoms with van der Waals surface area (Å²) in [4.78, 5) is 14.9. The quantitative estimate of drug-likeness (QED) is 0.775. The summed E-state index contributed by atoms with van der Waals surface area (Å²) < 4.78 is 19.8. The lowest BCUT2D eigenvalue weighted by Crippen LogP contribution is -2.30. The number of aromatic nitrogens is 2. The monoisotopic (exact) mass is 248 g/mol. The number of rotatable bonds is 2. The second-order valence-electron chi connectivity index (χ2n) is 3.52. The smallest absolute Gasteiger partial charge is 0.351 e. The normalized spacial score (nSPS) is 29.6. The Morgan fingerprint density at radius 1 is 1.75 bits per heavy atom. The van der Waals surface area contributed by atoms with Gasteiger partial charge in [0.05, 0.1) is 12.7 Å². The van der Waals surface area contributed by atoms with Crippen molar-refractivity contribution in [2.45, 2.75) is 24.9 Å². The Labute approximate surface area is 95.4 Å². The predicted octanol–water partition coefficient (Wildman–Crippen LogP) is 0.515. The van der Waals surface area contributed by atoms with Gasteiger partial charge < -0.3 is 9.84 Å². The van der Waals surface area contributed by atoms with Gasteiger partial charge in [-0.1, -0.05) is 11.6 Å². The number of alkyl halides is 1. The number of halogens is 2. The lowest BCUT2D eigenvalue weighted by Gasteiger charge is -2.15. The van der Waals surface area contributed by atoms with E-state index in [-0.39, 0.29) is 18.2 Å². The molecule has 0 saturated carbocycles. The van der Waals surface area contributed by atoms with E-state index in [1.165, 1.54) is 12.3 Å². The summed E-state index contributed by atoms with van der Waals surface area (Å²) in [6.45, 7) is -0.271. The average Bonchev–Trinajstić information content (AvgIpc) is 2.60. The van der Waals surface area contributed by atoms with Crippen molar-refractivity contribution < 1.29 is 14.2 Å². The maximum absolute atomic E-state index is 13.5. The highest BCUT2D eigenvalue weighted by molar-refractivity contribution is 6.29. The molecule has 0 bridgehead atoms. The van der Waals surface area contributed by atoms with Gasteiger partial charge in [-0.15, -0.1) is 0 Å². The van der Waals surface area contributed by atoms with E-state index < -0.39 is 24.2 Å². The first-order valence-electron chi connectivity index (χ1n) is 4.77. The fraction of sp³-hybridized carbons (Fsp3) is 0.556. The fourth-order valence-corrected chi connectivity index (χ4v) is 1.78. The van der Waals surface area contributed by atoms with Crippen molar-refractivity contribution in [1.29, 1.82) is 0 Å². The van der Waals surface area contributed by atoms with Gasteiger partial charge in [0.15, 0.2) is 6.23 Å². The highest BCUT2D eigenvalue weighted by Crippen LogP contribution is 2.29. The number of nitrogens with zero attached hydrogens (tertiary/aromatic N) is 2. The van der Waals surface area contributed by atoms with Crippen LogP contribution in [0.4, 0.5) is 4.39 Å². The van der Waals surface area contributed by atoms with Crippen molar-refractivity contribution in [3.63, 3.8) is 0 Å². The topological polar surface area (TPSA) is 64.4 Å². The Balaban J connectivity index is 2.28. The van der Waals surface area contributed by atoms with Crippen LogP contribution in [0, 0.1) is 0 Å². The minimum Gasteiger partial charge on any atom is -0.394 e. The fourth-order valence-electron chi connectivity index (χ4n) is 1.65. The van der Waals surface area contributed by atoms with Gasteiger partial charge in [0.25, 0.3) is 0 Å². The molecular formula is C9H10ClFN2O3. The summed E-state index contributed by atoms with van der Waals surface area (Å²) in [5.41, 5.74) is -0.668. The van der Waals surface area contributed by atoms with Crippen LogP contribution in [-0.2, 0) is 4.74 Å². The van der Waals surface area contributed by atoms with Crippen molar-refractivity contribution in [2.75, 3.05) is 6.61 Å². The van der Waals surface area contributed by atoms with Crippen molar-refractivity contribution in [3.05, 3.63) is 27.9 Å².